The largest absolute Gasteiger partial charge is 0.352 e. The molecule has 2 heterocycles. The van der Waals surface area contributed by atoms with Crippen molar-refractivity contribution in [3.63, 3.8) is 0 Å². The van der Waals surface area contributed by atoms with E-state index in [1.807, 2.05) is 23.6 Å². The molecule has 1 aromatic heterocycles. The minimum Gasteiger partial charge on any atom is -0.352 e. The van der Waals surface area contributed by atoms with E-state index in [1.54, 1.807) is 35.2 Å². The Morgan fingerprint density at radius 3 is 2.67 bits per heavy atom. The van der Waals surface area contributed by atoms with E-state index in [0.717, 1.165) is 38.4 Å². The standard InChI is InChI=1S/C23H20F2N2OS2/c1-14-9-12-29-21(14)20-16-5-3-4-6-18(16)30-19-8-7-15(13-17(19)27-20)22(28)26-11-10-23(2,24)25/h3-9,12-13H,10-11H2,1-2H3,(H,26,28). The lowest BCUT2D eigenvalue weighted by atomic mass is 10.1. The van der Waals surface area contributed by atoms with Crippen molar-refractivity contribution in [2.75, 3.05) is 6.54 Å². The van der Waals surface area contributed by atoms with Crippen LogP contribution in [0.2, 0.25) is 0 Å². The van der Waals surface area contributed by atoms with Gasteiger partial charge in [-0.2, -0.15) is 0 Å². The number of halogens is 2. The molecular weight excluding hydrogens is 422 g/mol. The summed E-state index contributed by atoms with van der Waals surface area (Å²) in [6.07, 6.45) is -0.394. The fourth-order valence-electron chi connectivity index (χ4n) is 3.17. The smallest absolute Gasteiger partial charge is 0.251 e. The van der Waals surface area contributed by atoms with Crippen molar-refractivity contribution in [3.8, 4) is 0 Å². The quantitative estimate of drug-likeness (QED) is 0.385. The summed E-state index contributed by atoms with van der Waals surface area (Å²) in [6, 6.07) is 15.5. The van der Waals surface area contributed by atoms with Gasteiger partial charge in [0, 0.05) is 33.9 Å². The number of aliphatic imine (C=N–C) groups is 1. The number of nitrogens with zero attached hydrogens (tertiary/aromatic N) is 1. The predicted octanol–water partition coefficient (Wildman–Crippen LogP) is 6.47. The Morgan fingerprint density at radius 1 is 1.13 bits per heavy atom. The number of hydrogen-bond acceptors (Lipinski definition) is 4. The molecule has 0 atom stereocenters. The molecule has 3 nitrogen and oxygen atoms in total. The Hall–Kier alpha value is -2.51. The maximum absolute atomic E-state index is 13.0. The topological polar surface area (TPSA) is 41.5 Å². The first kappa shape index (κ1) is 20.8. The van der Waals surface area contributed by atoms with E-state index in [-0.39, 0.29) is 12.5 Å². The van der Waals surface area contributed by atoms with Crippen molar-refractivity contribution in [2.45, 2.75) is 36.0 Å². The first-order chi connectivity index (χ1) is 14.3. The van der Waals surface area contributed by atoms with Crippen molar-refractivity contribution in [2.24, 2.45) is 4.99 Å². The summed E-state index contributed by atoms with van der Waals surface area (Å²) in [5.41, 5.74) is 4.20. The highest BCUT2D eigenvalue weighted by atomic mass is 32.2. The second-order valence-electron chi connectivity index (χ2n) is 7.25. The summed E-state index contributed by atoms with van der Waals surface area (Å²) in [6.45, 7) is 2.82. The van der Waals surface area contributed by atoms with Crippen LogP contribution >= 0.6 is 23.1 Å². The number of aryl methyl sites for hydroxylation is 1. The van der Waals surface area contributed by atoms with Crippen molar-refractivity contribution < 1.29 is 13.6 Å². The minimum absolute atomic E-state index is 0.0808. The Balaban J connectivity index is 1.71. The maximum Gasteiger partial charge on any atom is 0.251 e. The number of carbonyl (C=O) groups is 1. The first-order valence-electron chi connectivity index (χ1n) is 9.52. The second kappa shape index (κ2) is 8.32. The third-order valence-corrected chi connectivity index (χ3v) is 6.91. The average Bonchev–Trinajstić information content (AvgIpc) is 3.04. The number of thiophene rings is 1. The highest BCUT2D eigenvalue weighted by Crippen LogP contribution is 2.42. The lowest BCUT2D eigenvalue weighted by Gasteiger charge is -2.11. The van der Waals surface area contributed by atoms with Crippen LogP contribution in [0, 0.1) is 6.92 Å². The average molecular weight is 443 g/mol. The van der Waals surface area contributed by atoms with Crippen molar-refractivity contribution in [1.82, 2.24) is 5.32 Å². The number of hydrogen-bond donors (Lipinski definition) is 1. The molecule has 0 bridgehead atoms. The summed E-state index contributed by atoms with van der Waals surface area (Å²) < 4.78 is 26.0. The molecule has 154 valence electrons. The molecule has 4 rings (SSSR count). The maximum atomic E-state index is 13.0. The Kier molecular flexibility index (Phi) is 5.75. The van der Waals surface area contributed by atoms with Gasteiger partial charge in [-0.3, -0.25) is 4.79 Å². The third-order valence-electron chi connectivity index (χ3n) is 4.74. The van der Waals surface area contributed by atoms with E-state index in [9.17, 15) is 13.6 Å². The van der Waals surface area contributed by atoms with Crippen LogP contribution in [-0.2, 0) is 0 Å². The highest BCUT2D eigenvalue weighted by molar-refractivity contribution is 7.99. The molecule has 0 saturated heterocycles. The van der Waals surface area contributed by atoms with Gasteiger partial charge in [0.1, 0.15) is 0 Å². The summed E-state index contributed by atoms with van der Waals surface area (Å²) in [7, 11) is 0. The molecule has 0 aliphatic carbocycles. The van der Waals surface area contributed by atoms with Crippen molar-refractivity contribution in [1.29, 1.82) is 0 Å². The monoisotopic (exact) mass is 442 g/mol. The van der Waals surface area contributed by atoms with Gasteiger partial charge in [-0.05, 0) is 55.1 Å². The first-order valence-corrected chi connectivity index (χ1v) is 11.2. The summed E-state index contributed by atoms with van der Waals surface area (Å²) in [4.78, 5) is 20.6. The molecule has 1 aliphatic rings. The van der Waals surface area contributed by atoms with E-state index < -0.39 is 12.3 Å². The highest BCUT2D eigenvalue weighted by Gasteiger charge is 2.23. The SMILES string of the molecule is Cc1ccsc1C1=Nc2cc(C(=O)NCCC(C)(F)F)ccc2Sc2ccccc21. The van der Waals surface area contributed by atoms with Crippen LogP contribution in [0.4, 0.5) is 14.5 Å². The van der Waals surface area contributed by atoms with E-state index in [2.05, 4.69) is 30.4 Å². The number of carbonyl (C=O) groups excluding carboxylic acids is 1. The lowest BCUT2D eigenvalue weighted by Crippen LogP contribution is -2.28. The van der Waals surface area contributed by atoms with Gasteiger partial charge in [-0.25, -0.2) is 13.8 Å². The molecule has 3 aromatic rings. The molecule has 0 spiro atoms. The molecule has 30 heavy (non-hydrogen) atoms. The van der Waals surface area contributed by atoms with Crippen LogP contribution in [-0.4, -0.2) is 24.1 Å². The van der Waals surface area contributed by atoms with Gasteiger partial charge in [0.15, 0.2) is 0 Å². The normalized spacial score (nSPS) is 13.1. The molecule has 0 saturated carbocycles. The zero-order chi connectivity index (χ0) is 21.3. The molecule has 2 aromatic carbocycles. The van der Waals surface area contributed by atoms with Gasteiger partial charge in [0.2, 0.25) is 5.92 Å². The number of alkyl halides is 2. The van der Waals surface area contributed by atoms with Crippen LogP contribution in [0.5, 0.6) is 0 Å². The van der Waals surface area contributed by atoms with Gasteiger partial charge >= 0.3 is 0 Å². The van der Waals surface area contributed by atoms with Crippen LogP contribution in [0.3, 0.4) is 0 Å². The Labute approximate surface area is 182 Å². The molecule has 7 heteroatoms. The van der Waals surface area contributed by atoms with Crippen LogP contribution < -0.4 is 5.32 Å². The Morgan fingerprint density at radius 2 is 1.93 bits per heavy atom. The van der Waals surface area contributed by atoms with Gasteiger partial charge < -0.3 is 5.32 Å². The van der Waals surface area contributed by atoms with Crippen molar-refractivity contribution >= 4 is 40.4 Å². The van der Waals surface area contributed by atoms with E-state index in [0.29, 0.717) is 11.3 Å². The molecule has 0 radical (unpaired) electrons. The van der Waals surface area contributed by atoms with Crippen LogP contribution in [0.1, 0.15) is 39.7 Å². The van der Waals surface area contributed by atoms with Crippen molar-refractivity contribution in [3.05, 3.63) is 75.5 Å². The fraction of sp³-hybridized carbons (Fsp3) is 0.217. The number of benzene rings is 2. The minimum atomic E-state index is -2.80. The molecule has 1 N–H and O–H groups in total. The molecular formula is C23H20F2N2OS2. The number of rotatable bonds is 5. The van der Waals surface area contributed by atoms with E-state index >= 15 is 0 Å². The van der Waals surface area contributed by atoms with Crippen LogP contribution in [0.25, 0.3) is 0 Å². The fourth-order valence-corrected chi connectivity index (χ4v) is 5.10. The van der Waals surface area contributed by atoms with Gasteiger partial charge in [-0.1, -0.05) is 30.0 Å². The van der Waals surface area contributed by atoms with E-state index in [4.69, 9.17) is 4.99 Å². The zero-order valence-electron chi connectivity index (χ0n) is 16.5. The van der Waals surface area contributed by atoms with Gasteiger partial charge in [-0.15, -0.1) is 11.3 Å². The second-order valence-corrected chi connectivity index (χ2v) is 9.25. The number of fused-ring (bicyclic) bond motifs is 2. The molecule has 1 amide bonds. The molecule has 1 aliphatic heterocycles. The predicted molar refractivity (Wildman–Crippen MR) is 119 cm³/mol. The molecule has 0 unspecified atom stereocenters. The zero-order valence-corrected chi connectivity index (χ0v) is 18.2. The van der Waals surface area contributed by atoms with Gasteiger partial charge in [0.25, 0.3) is 5.91 Å². The van der Waals surface area contributed by atoms with E-state index in [1.165, 1.54) is 0 Å². The number of nitrogens with one attached hydrogen (secondary N) is 1. The Bertz CT molecular complexity index is 1130. The van der Waals surface area contributed by atoms with Gasteiger partial charge in [0.05, 0.1) is 16.3 Å². The third kappa shape index (κ3) is 4.47. The number of amides is 1. The lowest BCUT2D eigenvalue weighted by molar-refractivity contribution is 0.0137. The summed E-state index contributed by atoms with van der Waals surface area (Å²) in [5, 5.41) is 4.61. The van der Waals surface area contributed by atoms with Crippen LogP contribution in [0.15, 0.2) is 68.7 Å². The summed E-state index contributed by atoms with van der Waals surface area (Å²) >= 11 is 3.25. The summed E-state index contributed by atoms with van der Waals surface area (Å²) in [5.74, 6) is -3.18. The molecule has 0 fully saturated rings.